The molecule has 2 atom stereocenters. The number of halogens is 4. The average molecular weight is 645 g/mol. The Morgan fingerprint density at radius 1 is 1.04 bits per heavy atom. The fourth-order valence-corrected chi connectivity index (χ4v) is 5.90. The van der Waals surface area contributed by atoms with Gasteiger partial charge in [-0.25, -0.2) is 4.39 Å². The van der Waals surface area contributed by atoms with Gasteiger partial charge in [0, 0.05) is 25.2 Å². The summed E-state index contributed by atoms with van der Waals surface area (Å²) < 4.78 is 57.9. The van der Waals surface area contributed by atoms with Crippen LogP contribution in [-0.4, -0.2) is 41.4 Å². The maximum absolute atomic E-state index is 15.3. The van der Waals surface area contributed by atoms with E-state index in [9.17, 15) is 28.0 Å². The molecule has 1 amide bonds. The fraction of sp³-hybridized carbons (Fsp3) is 0.441. The van der Waals surface area contributed by atoms with Crippen LogP contribution in [0.3, 0.4) is 0 Å². The first-order chi connectivity index (χ1) is 20.9. The van der Waals surface area contributed by atoms with E-state index in [-0.39, 0.29) is 30.7 Å². The van der Waals surface area contributed by atoms with Crippen LogP contribution in [0.2, 0.25) is 0 Å². The van der Waals surface area contributed by atoms with Gasteiger partial charge in [-0.15, -0.1) is 0 Å². The Morgan fingerprint density at radius 3 is 2.20 bits per heavy atom. The molecule has 0 spiro atoms. The van der Waals surface area contributed by atoms with E-state index in [1.807, 2.05) is 27.7 Å². The molecule has 0 radical (unpaired) electrons. The molecule has 2 aromatic carbocycles. The fourth-order valence-electron chi connectivity index (χ4n) is 5.57. The van der Waals surface area contributed by atoms with E-state index in [2.05, 4.69) is 24.0 Å². The molecule has 242 valence electrons. The van der Waals surface area contributed by atoms with E-state index in [0.717, 1.165) is 33.0 Å². The molecule has 3 rings (SSSR count). The normalized spacial score (nSPS) is 13.2. The van der Waals surface area contributed by atoms with Gasteiger partial charge in [-0.2, -0.15) is 31.1 Å². The first-order valence-corrected chi connectivity index (χ1v) is 15.2. The van der Waals surface area contributed by atoms with Crippen LogP contribution in [0.15, 0.2) is 41.3 Å². The highest BCUT2D eigenvalue weighted by molar-refractivity contribution is 7.80. The third-order valence-electron chi connectivity index (χ3n) is 7.63. The lowest BCUT2D eigenvalue weighted by atomic mass is 9.91. The van der Waals surface area contributed by atoms with E-state index < -0.39 is 40.4 Å². The Balaban J connectivity index is 1.95. The second-order valence-electron chi connectivity index (χ2n) is 12.2. The van der Waals surface area contributed by atoms with Crippen LogP contribution >= 0.6 is 12.6 Å². The van der Waals surface area contributed by atoms with Gasteiger partial charge in [0.25, 0.3) is 5.56 Å². The standard InChI is InChI=1S/C34H40F4N4O2S/c1-19(2)10-28(42-18-24(8-9-41(6)7)27(16-30(42)43)34(36,37)38)33(44)40-29(45)15-26-14-25(13-22(5)32(26)35)31-20(3)11-23(17-39)12-21(31)4/h11-14,16,18-19,28-29,45H,8-10,15H2,1-7H3,(H,40,44). The molecule has 2 unspecified atom stereocenters. The van der Waals surface area contributed by atoms with Gasteiger partial charge in [-0.05, 0) is 117 Å². The maximum Gasteiger partial charge on any atom is 0.416 e. The van der Waals surface area contributed by atoms with Crippen LogP contribution in [0.25, 0.3) is 11.1 Å². The summed E-state index contributed by atoms with van der Waals surface area (Å²) >= 11 is 4.53. The number of carbonyl (C=O) groups is 1. The molecule has 0 saturated carbocycles. The summed E-state index contributed by atoms with van der Waals surface area (Å²) in [6.45, 7) is 9.41. The Kier molecular flexibility index (Phi) is 11.7. The molecule has 0 aliphatic rings. The Morgan fingerprint density at radius 2 is 1.67 bits per heavy atom. The maximum atomic E-state index is 15.3. The van der Waals surface area contributed by atoms with Crippen molar-refractivity contribution in [3.05, 3.63) is 91.6 Å². The number of amides is 1. The summed E-state index contributed by atoms with van der Waals surface area (Å²) in [6, 6.07) is 8.56. The van der Waals surface area contributed by atoms with Gasteiger partial charge in [-0.1, -0.05) is 13.8 Å². The number of carbonyl (C=O) groups excluding carboxylic acids is 1. The van der Waals surface area contributed by atoms with Crippen LogP contribution < -0.4 is 10.9 Å². The Bertz CT molecular complexity index is 1630. The van der Waals surface area contributed by atoms with E-state index in [1.54, 1.807) is 50.2 Å². The third kappa shape index (κ3) is 8.98. The molecular formula is C34H40F4N4O2S. The SMILES string of the molecule is Cc1cc(-c2c(C)cc(C#N)cc2C)cc(CC(S)NC(=O)C(CC(C)C)n2cc(CCN(C)C)c(C(F)(F)F)cc2=O)c1F. The van der Waals surface area contributed by atoms with Crippen molar-refractivity contribution in [2.24, 2.45) is 5.92 Å². The predicted molar refractivity (Wildman–Crippen MR) is 172 cm³/mol. The molecule has 1 aromatic heterocycles. The number of alkyl halides is 3. The number of aromatic nitrogens is 1. The zero-order chi connectivity index (χ0) is 33.8. The Hall–Kier alpha value is -3.62. The molecule has 45 heavy (non-hydrogen) atoms. The van der Waals surface area contributed by atoms with Crippen molar-refractivity contribution in [2.75, 3.05) is 20.6 Å². The van der Waals surface area contributed by atoms with Gasteiger partial charge in [0.2, 0.25) is 5.91 Å². The summed E-state index contributed by atoms with van der Waals surface area (Å²) in [4.78, 5) is 28.4. The van der Waals surface area contributed by atoms with E-state index >= 15 is 4.39 Å². The van der Waals surface area contributed by atoms with Crippen molar-refractivity contribution >= 4 is 18.5 Å². The van der Waals surface area contributed by atoms with E-state index in [4.69, 9.17) is 0 Å². The number of hydrogen-bond acceptors (Lipinski definition) is 5. The quantitative estimate of drug-likeness (QED) is 0.137. The van der Waals surface area contributed by atoms with Crippen molar-refractivity contribution in [1.29, 1.82) is 5.26 Å². The molecular weight excluding hydrogens is 604 g/mol. The highest BCUT2D eigenvalue weighted by Crippen LogP contribution is 2.33. The molecule has 1 N–H and O–H groups in total. The number of likely N-dealkylation sites (N-methyl/N-ethyl adjacent to an activating group) is 1. The smallest absolute Gasteiger partial charge is 0.342 e. The lowest BCUT2D eigenvalue weighted by molar-refractivity contribution is -0.138. The minimum atomic E-state index is -4.72. The van der Waals surface area contributed by atoms with Crippen LogP contribution in [-0.2, 0) is 23.8 Å². The summed E-state index contributed by atoms with van der Waals surface area (Å²) in [5, 5.41) is 11.2. The van der Waals surface area contributed by atoms with Crippen molar-refractivity contribution in [3.63, 3.8) is 0 Å². The number of aryl methyl sites for hydroxylation is 3. The molecule has 0 aliphatic heterocycles. The number of rotatable bonds is 11. The molecule has 3 aromatic rings. The van der Waals surface area contributed by atoms with Crippen molar-refractivity contribution in [1.82, 2.24) is 14.8 Å². The predicted octanol–water partition coefficient (Wildman–Crippen LogP) is 6.78. The number of nitrogens with one attached hydrogen (secondary N) is 1. The first-order valence-electron chi connectivity index (χ1n) is 14.7. The van der Waals surface area contributed by atoms with Crippen molar-refractivity contribution in [3.8, 4) is 17.2 Å². The van der Waals surface area contributed by atoms with Gasteiger partial charge in [0.1, 0.15) is 11.9 Å². The Labute approximate surface area is 267 Å². The number of benzene rings is 2. The molecule has 0 aliphatic carbocycles. The van der Waals surface area contributed by atoms with Gasteiger partial charge >= 0.3 is 6.18 Å². The van der Waals surface area contributed by atoms with Gasteiger partial charge in [0.15, 0.2) is 0 Å². The molecule has 11 heteroatoms. The van der Waals surface area contributed by atoms with Crippen LogP contribution in [0.1, 0.15) is 65.3 Å². The van der Waals surface area contributed by atoms with Gasteiger partial charge in [0.05, 0.1) is 22.6 Å². The molecule has 0 fully saturated rings. The van der Waals surface area contributed by atoms with Crippen LogP contribution in [0, 0.1) is 43.8 Å². The van der Waals surface area contributed by atoms with Crippen molar-refractivity contribution in [2.45, 2.75) is 71.5 Å². The second-order valence-corrected chi connectivity index (χ2v) is 12.9. The van der Waals surface area contributed by atoms with Crippen LogP contribution in [0.4, 0.5) is 17.6 Å². The number of hydrogen-bond donors (Lipinski definition) is 2. The van der Waals surface area contributed by atoms with Crippen molar-refractivity contribution < 1.29 is 22.4 Å². The minimum Gasteiger partial charge on any atom is -0.342 e. The zero-order valence-corrected chi connectivity index (χ0v) is 27.5. The number of nitrogens with zero attached hydrogens (tertiary/aromatic N) is 3. The summed E-state index contributed by atoms with van der Waals surface area (Å²) in [6.07, 6.45) is -3.36. The second kappa shape index (κ2) is 14.6. The summed E-state index contributed by atoms with van der Waals surface area (Å²) in [5.41, 5.74) is 2.57. The average Bonchev–Trinajstić information content (AvgIpc) is 2.92. The van der Waals surface area contributed by atoms with Gasteiger partial charge in [-0.3, -0.25) is 9.59 Å². The molecule has 6 nitrogen and oxygen atoms in total. The van der Waals surface area contributed by atoms with Crippen LogP contribution in [0.5, 0.6) is 0 Å². The number of pyridine rings is 1. The third-order valence-corrected chi connectivity index (χ3v) is 7.94. The monoisotopic (exact) mass is 644 g/mol. The first kappa shape index (κ1) is 35.9. The lowest BCUT2D eigenvalue weighted by Crippen LogP contribution is -2.42. The highest BCUT2D eigenvalue weighted by atomic mass is 32.1. The zero-order valence-electron chi connectivity index (χ0n) is 26.6. The van der Waals surface area contributed by atoms with E-state index in [0.29, 0.717) is 29.3 Å². The van der Waals surface area contributed by atoms with Gasteiger partial charge < -0.3 is 14.8 Å². The molecule has 0 saturated heterocycles. The highest BCUT2D eigenvalue weighted by Gasteiger charge is 2.35. The minimum absolute atomic E-state index is 0.00807. The molecule has 0 bridgehead atoms. The largest absolute Gasteiger partial charge is 0.416 e. The summed E-state index contributed by atoms with van der Waals surface area (Å²) in [7, 11) is 3.47. The summed E-state index contributed by atoms with van der Waals surface area (Å²) in [5.74, 6) is -1.12. The van der Waals surface area contributed by atoms with E-state index in [1.165, 1.54) is 0 Å². The topological polar surface area (TPSA) is 78.1 Å². The molecule has 1 heterocycles. The number of thiol groups is 1. The lowest BCUT2D eigenvalue weighted by Gasteiger charge is -2.25. The number of nitriles is 1.